The number of nitrogen functional groups attached to an aromatic ring is 1. The van der Waals surface area contributed by atoms with Crippen LogP contribution in [-0.2, 0) is 22.4 Å². The molecule has 39 heavy (non-hydrogen) atoms. The average Bonchev–Trinajstić information content (AvgIpc) is 3.15. The summed E-state index contributed by atoms with van der Waals surface area (Å²) < 4.78 is 5.00. The largest absolute Gasteiger partial charge is 0.504 e. The van der Waals surface area contributed by atoms with Crippen LogP contribution in [0.2, 0.25) is 0 Å². The Morgan fingerprint density at radius 2 is 1.62 bits per heavy atom. The third-order valence-electron chi connectivity index (χ3n) is 5.64. The van der Waals surface area contributed by atoms with E-state index in [-0.39, 0.29) is 33.4 Å². The van der Waals surface area contributed by atoms with Gasteiger partial charge in [0, 0.05) is 30.3 Å². The fourth-order valence-corrected chi connectivity index (χ4v) is 4.46. The lowest BCUT2D eigenvalue weighted by molar-refractivity contribution is -0.320. The SMILES string of the molecule is COC(c1c(C)c(O)c(O)c(O)c1O)C(O)(O)NC(O)(O)Cc1ccc(NC(=O)Cc2nc(N)sc2O)cc1. The Morgan fingerprint density at radius 3 is 2.15 bits per heavy atom. The van der Waals surface area contributed by atoms with Crippen molar-refractivity contribution < 1.29 is 55.5 Å². The van der Waals surface area contributed by atoms with Gasteiger partial charge in [0.05, 0.1) is 6.42 Å². The van der Waals surface area contributed by atoms with E-state index >= 15 is 0 Å². The smallest absolute Gasteiger partial charge is 0.258 e. The summed E-state index contributed by atoms with van der Waals surface area (Å²) in [5.74, 6) is -10.9. The van der Waals surface area contributed by atoms with E-state index in [4.69, 9.17) is 10.5 Å². The highest BCUT2D eigenvalue weighted by Gasteiger charge is 2.45. The van der Waals surface area contributed by atoms with E-state index in [9.17, 15) is 50.8 Å². The summed E-state index contributed by atoms with van der Waals surface area (Å²) in [6.45, 7) is 1.17. The van der Waals surface area contributed by atoms with Gasteiger partial charge in [-0.25, -0.2) is 10.3 Å². The molecular formula is C23H28N4O11S. The first-order valence-electron chi connectivity index (χ1n) is 11.1. The van der Waals surface area contributed by atoms with Crippen molar-refractivity contribution in [3.63, 3.8) is 0 Å². The third-order valence-corrected chi connectivity index (χ3v) is 6.37. The number of hydrogen-bond donors (Lipinski definition) is 12. The number of nitrogens with one attached hydrogen (secondary N) is 2. The van der Waals surface area contributed by atoms with Crippen LogP contribution in [0, 0.1) is 6.92 Å². The molecule has 1 amide bonds. The Bertz CT molecular complexity index is 1330. The van der Waals surface area contributed by atoms with Crippen molar-refractivity contribution in [1.82, 2.24) is 10.3 Å². The van der Waals surface area contributed by atoms with Crippen LogP contribution in [0.1, 0.15) is 28.5 Å². The molecule has 16 heteroatoms. The average molecular weight is 569 g/mol. The van der Waals surface area contributed by atoms with Crippen molar-refractivity contribution >= 4 is 28.1 Å². The summed E-state index contributed by atoms with van der Waals surface area (Å²) in [6, 6.07) is 5.69. The number of aliphatic hydroxyl groups is 4. The van der Waals surface area contributed by atoms with Gasteiger partial charge in [0.1, 0.15) is 5.69 Å². The molecule has 0 aliphatic rings. The summed E-state index contributed by atoms with van der Waals surface area (Å²) >= 11 is 0.834. The zero-order valence-electron chi connectivity index (χ0n) is 20.6. The molecule has 1 heterocycles. The highest BCUT2D eigenvalue weighted by Crippen LogP contribution is 2.50. The molecule has 212 valence electrons. The topological polar surface area (TPSA) is 271 Å². The number of carbonyl (C=O) groups excluding carboxylic acids is 1. The molecule has 0 aliphatic carbocycles. The summed E-state index contributed by atoms with van der Waals surface area (Å²) in [4.78, 5) is 16.1. The van der Waals surface area contributed by atoms with Crippen LogP contribution in [0.25, 0.3) is 0 Å². The highest BCUT2D eigenvalue weighted by molar-refractivity contribution is 7.17. The fraction of sp³-hybridized carbons (Fsp3) is 0.304. The van der Waals surface area contributed by atoms with Crippen molar-refractivity contribution in [1.29, 1.82) is 0 Å². The summed E-state index contributed by atoms with van der Waals surface area (Å²) in [5, 5.41) is 95.9. The number of aromatic nitrogens is 1. The number of ether oxygens (including phenoxy) is 1. The number of aromatic hydroxyl groups is 5. The minimum Gasteiger partial charge on any atom is -0.504 e. The molecule has 1 aromatic heterocycles. The predicted molar refractivity (Wildman–Crippen MR) is 136 cm³/mol. The van der Waals surface area contributed by atoms with Gasteiger partial charge in [-0.2, -0.15) is 0 Å². The standard InChI is InChI=1S/C23H28N4O11S/c1-9-14(16(30)18(32)17(31)15(9)29)19(38-2)23(36,37)27-22(34,35)8-10-3-5-11(6-4-10)25-13(28)7-12-20(33)39-21(24)26-12/h3-6,19,27,29-37H,7-8H2,1-2H3,(H2,24,26)(H,25,28). The van der Waals surface area contributed by atoms with E-state index in [2.05, 4.69) is 10.3 Å². The first kappa shape index (κ1) is 29.7. The minimum absolute atomic E-state index is 0.114. The quantitative estimate of drug-likeness (QED) is 0.0838. The monoisotopic (exact) mass is 568 g/mol. The van der Waals surface area contributed by atoms with Crippen molar-refractivity contribution in [2.75, 3.05) is 18.2 Å². The van der Waals surface area contributed by atoms with Gasteiger partial charge < -0.3 is 61.7 Å². The molecule has 3 aromatic rings. The molecule has 3 rings (SSSR count). The normalized spacial score (nSPS) is 12.9. The number of anilines is 2. The lowest BCUT2D eigenvalue weighted by atomic mass is 9.96. The molecule has 13 N–H and O–H groups in total. The fourth-order valence-electron chi connectivity index (χ4n) is 3.87. The Labute approximate surface area is 224 Å². The molecule has 2 aromatic carbocycles. The molecular weight excluding hydrogens is 540 g/mol. The number of benzene rings is 2. The molecule has 0 saturated heterocycles. The van der Waals surface area contributed by atoms with Gasteiger partial charge in [-0.3, -0.25) is 4.79 Å². The van der Waals surface area contributed by atoms with Crippen LogP contribution in [0.4, 0.5) is 10.8 Å². The van der Waals surface area contributed by atoms with E-state index in [1.807, 2.05) is 0 Å². The van der Waals surface area contributed by atoms with Crippen molar-refractivity contribution in [3.8, 4) is 28.1 Å². The molecule has 0 fully saturated rings. The molecule has 0 aliphatic heterocycles. The molecule has 0 bridgehead atoms. The van der Waals surface area contributed by atoms with E-state index in [0.29, 0.717) is 5.69 Å². The number of thiazole rings is 1. The van der Waals surface area contributed by atoms with E-state index in [1.54, 1.807) is 5.32 Å². The minimum atomic E-state index is -3.31. The van der Waals surface area contributed by atoms with Crippen molar-refractivity contribution in [2.24, 2.45) is 0 Å². The maximum absolute atomic E-state index is 12.2. The van der Waals surface area contributed by atoms with E-state index in [0.717, 1.165) is 18.4 Å². The van der Waals surface area contributed by atoms with Gasteiger partial charge in [-0.05, 0) is 24.6 Å². The number of carbonyl (C=O) groups is 1. The third kappa shape index (κ3) is 6.58. The zero-order valence-corrected chi connectivity index (χ0v) is 21.4. The second-order valence-corrected chi connectivity index (χ2v) is 9.63. The van der Waals surface area contributed by atoms with Crippen molar-refractivity contribution in [3.05, 3.63) is 46.6 Å². The van der Waals surface area contributed by atoms with Gasteiger partial charge in [-0.1, -0.05) is 23.5 Å². The molecule has 0 spiro atoms. The molecule has 0 radical (unpaired) electrons. The number of methoxy groups -OCH3 is 1. The highest BCUT2D eigenvalue weighted by atomic mass is 32.1. The summed E-state index contributed by atoms with van der Waals surface area (Å²) in [6.07, 6.45) is -2.87. The lowest BCUT2D eigenvalue weighted by Crippen LogP contribution is -2.62. The van der Waals surface area contributed by atoms with Gasteiger partial charge in [-0.15, -0.1) is 0 Å². The van der Waals surface area contributed by atoms with Crippen LogP contribution in [0.3, 0.4) is 0 Å². The number of nitrogens with zero attached hydrogens (tertiary/aromatic N) is 1. The molecule has 1 atom stereocenters. The Hall–Kier alpha value is -3.90. The number of phenolic OH excluding ortho intramolecular Hbond substituents is 4. The lowest BCUT2D eigenvalue weighted by Gasteiger charge is -2.37. The molecule has 0 saturated carbocycles. The second-order valence-electron chi connectivity index (χ2n) is 8.62. The number of hydrogen-bond acceptors (Lipinski definition) is 15. The van der Waals surface area contributed by atoms with Gasteiger partial charge >= 0.3 is 0 Å². The zero-order chi connectivity index (χ0) is 29.3. The molecule has 1 unspecified atom stereocenters. The van der Waals surface area contributed by atoms with Crippen LogP contribution in [0.5, 0.6) is 28.1 Å². The Kier molecular flexibility index (Phi) is 8.42. The van der Waals surface area contributed by atoms with Gasteiger partial charge in [0.15, 0.2) is 27.8 Å². The Morgan fingerprint density at radius 1 is 1.03 bits per heavy atom. The number of nitrogens with two attached hydrogens (primary N) is 1. The van der Waals surface area contributed by atoms with E-state index in [1.165, 1.54) is 31.2 Å². The number of phenols is 4. The van der Waals surface area contributed by atoms with Gasteiger partial charge in [0.25, 0.3) is 5.91 Å². The number of rotatable bonds is 10. The maximum atomic E-state index is 12.2. The number of amides is 1. The summed E-state index contributed by atoms with van der Waals surface area (Å²) in [5.41, 5.74) is 5.35. The van der Waals surface area contributed by atoms with Crippen molar-refractivity contribution in [2.45, 2.75) is 37.7 Å². The predicted octanol–water partition coefficient (Wildman–Crippen LogP) is -0.460. The van der Waals surface area contributed by atoms with E-state index < -0.39 is 58.8 Å². The summed E-state index contributed by atoms with van der Waals surface area (Å²) in [7, 11) is 0.974. The Balaban J connectivity index is 1.71. The van der Waals surface area contributed by atoms with Gasteiger partial charge in [0.2, 0.25) is 23.3 Å². The van der Waals surface area contributed by atoms with Crippen LogP contribution in [-0.4, -0.2) is 75.8 Å². The van der Waals surface area contributed by atoms with Crippen LogP contribution in [0.15, 0.2) is 24.3 Å². The molecule has 15 nitrogen and oxygen atoms in total. The first-order valence-corrected chi connectivity index (χ1v) is 11.9. The van der Waals surface area contributed by atoms with Crippen LogP contribution < -0.4 is 16.4 Å². The van der Waals surface area contributed by atoms with Crippen LogP contribution >= 0.6 is 11.3 Å². The maximum Gasteiger partial charge on any atom is 0.258 e. The second kappa shape index (κ2) is 11.1. The first-order chi connectivity index (χ1) is 18.1.